The van der Waals surface area contributed by atoms with Crippen molar-refractivity contribution in [1.82, 2.24) is 24.9 Å². The fourth-order valence-corrected chi connectivity index (χ4v) is 2.46. The molecule has 1 amide bonds. The molecule has 27 heavy (non-hydrogen) atoms. The highest BCUT2D eigenvalue weighted by atomic mass is 16.4. The Balaban J connectivity index is 1.49. The molecule has 0 fully saturated rings. The summed E-state index contributed by atoms with van der Waals surface area (Å²) in [4.78, 5) is 14.2. The highest BCUT2D eigenvalue weighted by Gasteiger charge is 2.11. The molecular weight excluding hydrogens is 344 g/mol. The molecule has 2 heterocycles. The van der Waals surface area contributed by atoms with Crippen molar-refractivity contribution in [3.63, 3.8) is 0 Å². The molecule has 0 aliphatic rings. The van der Waals surface area contributed by atoms with Crippen molar-refractivity contribution in [2.75, 3.05) is 26.0 Å². The number of hydrogen-bond acceptors (Lipinski definition) is 6. The Labute approximate surface area is 158 Å². The summed E-state index contributed by atoms with van der Waals surface area (Å²) < 4.78 is 7.45. The van der Waals surface area contributed by atoms with Gasteiger partial charge in [0.25, 0.3) is 0 Å². The SMILES string of the molecule is Cc1ccc(-c2nnc(CCC(=O)Nc3cnn(CCN(C)C)c3)o2)cc1. The van der Waals surface area contributed by atoms with Crippen molar-refractivity contribution in [3.05, 3.63) is 48.1 Å². The molecule has 0 radical (unpaired) electrons. The van der Waals surface area contributed by atoms with Crippen LogP contribution in [0.5, 0.6) is 0 Å². The van der Waals surface area contributed by atoms with E-state index in [1.165, 1.54) is 5.56 Å². The maximum atomic E-state index is 12.1. The van der Waals surface area contributed by atoms with Gasteiger partial charge in [-0.25, -0.2) is 0 Å². The average molecular weight is 368 g/mol. The van der Waals surface area contributed by atoms with E-state index < -0.39 is 0 Å². The number of carbonyl (C=O) groups is 1. The highest BCUT2D eigenvalue weighted by molar-refractivity contribution is 5.90. The first-order valence-corrected chi connectivity index (χ1v) is 8.86. The van der Waals surface area contributed by atoms with Crippen molar-refractivity contribution in [2.24, 2.45) is 0 Å². The predicted molar refractivity (Wildman–Crippen MR) is 102 cm³/mol. The molecule has 0 aliphatic heterocycles. The van der Waals surface area contributed by atoms with Gasteiger partial charge in [-0.15, -0.1) is 10.2 Å². The van der Waals surface area contributed by atoms with Crippen LogP contribution in [0.2, 0.25) is 0 Å². The first-order valence-electron chi connectivity index (χ1n) is 8.86. The Morgan fingerprint density at radius 1 is 1.22 bits per heavy atom. The van der Waals surface area contributed by atoms with Gasteiger partial charge in [-0.2, -0.15) is 5.10 Å². The van der Waals surface area contributed by atoms with E-state index >= 15 is 0 Å². The third-order valence-electron chi connectivity index (χ3n) is 4.02. The predicted octanol–water partition coefficient (Wildman–Crippen LogP) is 2.37. The number of likely N-dealkylation sites (N-methyl/N-ethyl adjacent to an activating group) is 1. The fourth-order valence-electron chi connectivity index (χ4n) is 2.46. The number of aromatic nitrogens is 4. The summed E-state index contributed by atoms with van der Waals surface area (Å²) in [5.74, 6) is 0.798. The fraction of sp³-hybridized carbons (Fsp3) is 0.368. The van der Waals surface area contributed by atoms with Crippen LogP contribution >= 0.6 is 0 Å². The molecule has 0 aliphatic carbocycles. The lowest BCUT2D eigenvalue weighted by atomic mass is 10.1. The molecule has 3 aromatic rings. The number of aryl methyl sites for hydroxylation is 2. The van der Waals surface area contributed by atoms with Crippen LogP contribution in [0, 0.1) is 6.92 Å². The topological polar surface area (TPSA) is 89.1 Å². The van der Waals surface area contributed by atoms with Crippen molar-refractivity contribution in [3.8, 4) is 11.5 Å². The minimum atomic E-state index is -0.114. The van der Waals surface area contributed by atoms with E-state index in [1.54, 1.807) is 6.20 Å². The van der Waals surface area contributed by atoms with Gasteiger partial charge in [0.2, 0.25) is 17.7 Å². The zero-order chi connectivity index (χ0) is 19.2. The molecule has 2 aromatic heterocycles. The number of benzene rings is 1. The number of carbonyl (C=O) groups excluding carboxylic acids is 1. The summed E-state index contributed by atoms with van der Waals surface area (Å²) in [5, 5.41) is 15.1. The van der Waals surface area contributed by atoms with Crippen LogP contribution in [0.15, 0.2) is 41.1 Å². The second kappa shape index (κ2) is 8.59. The van der Waals surface area contributed by atoms with Gasteiger partial charge in [-0.3, -0.25) is 9.48 Å². The van der Waals surface area contributed by atoms with E-state index in [4.69, 9.17) is 4.42 Å². The lowest BCUT2D eigenvalue weighted by Gasteiger charge is -2.08. The van der Waals surface area contributed by atoms with E-state index in [1.807, 2.05) is 56.2 Å². The van der Waals surface area contributed by atoms with Crippen LogP contribution in [0.1, 0.15) is 17.9 Å². The first-order chi connectivity index (χ1) is 13.0. The minimum absolute atomic E-state index is 0.114. The molecule has 3 rings (SSSR count). The van der Waals surface area contributed by atoms with Crippen molar-refractivity contribution < 1.29 is 9.21 Å². The molecule has 0 atom stereocenters. The molecule has 1 aromatic carbocycles. The zero-order valence-electron chi connectivity index (χ0n) is 15.8. The van der Waals surface area contributed by atoms with Gasteiger partial charge in [0.15, 0.2) is 0 Å². The number of rotatable bonds is 8. The van der Waals surface area contributed by atoms with Crippen LogP contribution in [0.3, 0.4) is 0 Å². The van der Waals surface area contributed by atoms with Crippen LogP contribution in [0.4, 0.5) is 5.69 Å². The van der Waals surface area contributed by atoms with E-state index in [9.17, 15) is 4.79 Å². The Hall–Kier alpha value is -3.00. The van der Waals surface area contributed by atoms with Gasteiger partial charge in [0.05, 0.1) is 18.4 Å². The molecule has 1 N–H and O–H groups in total. The number of amides is 1. The summed E-state index contributed by atoms with van der Waals surface area (Å²) in [7, 11) is 4.02. The van der Waals surface area contributed by atoms with Crippen molar-refractivity contribution >= 4 is 11.6 Å². The second-order valence-electron chi connectivity index (χ2n) is 6.71. The third-order valence-corrected chi connectivity index (χ3v) is 4.02. The molecule has 0 saturated carbocycles. The summed E-state index contributed by atoms with van der Waals surface area (Å²) in [5.41, 5.74) is 2.72. The van der Waals surface area contributed by atoms with Crippen molar-refractivity contribution in [1.29, 1.82) is 0 Å². The summed E-state index contributed by atoms with van der Waals surface area (Å²) in [6, 6.07) is 7.86. The highest BCUT2D eigenvalue weighted by Crippen LogP contribution is 2.18. The molecule has 142 valence electrons. The smallest absolute Gasteiger partial charge is 0.247 e. The number of nitrogens with zero attached hydrogens (tertiary/aromatic N) is 5. The van der Waals surface area contributed by atoms with E-state index in [0.29, 0.717) is 23.9 Å². The van der Waals surface area contributed by atoms with Crippen molar-refractivity contribution in [2.45, 2.75) is 26.3 Å². The molecule has 0 spiro atoms. The minimum Gasteiger partial charge on any atom is -0.421 e. The molecular formula is C19H24N6O2. The summed E-state index contributed by atoms with van der Waals surface area (Å²) >= 11 is 0. The quantitative estimate of drug-likeness (QED) is 0.657. The van der Waals surface area contributed by atoms with Crippen LogP contribution in [-0.2, 0) is 17.8 Å². The largest absolute Gasteiger partial charge is 0.421 e. The van der Waals surface area contributed by atoms with Gasteiger partial charge >= 0.3 is 0 Å². The molecule has 0 bridgehead atoms. The van der Waals surface area contributed by atoms with Crippen LogP contribution in [0.25, 0.3) is 11.5 Å². The first kappa shape index (κ1) is 18.8. The zero-order valence-corrected chi connectivity index (χ0v) is 15.8. The molecule has 0 unspecified atom stereocenters. The van der Waals surface area contributed by atoms with Gasteiger partial charge in [0, 0.05) is 31.1 Å². The third kappa shape index (κ3) is 5.49. The van der Waals surface area contributed by atoms with E-state index in [2.05, 4.69) is 25.5 Å². The average Bonchev–Trinajstić information content (AvgIpc) is 3.28. The van der Waals surface area contributed by atoms with Crippen LogP contribution < -0.4 is 5.32 Å². The molecule has 8 nitrogen and oxygen atoms in total. The second-order valence-corrected chi connectivity index (χ2v) is 6.71. The van der Waals surface area contributed by atoms with Crippen LogP contribution in [-0.4, -0.2) is 51.4 Å². The van der Waals surface area contributed by atoms with E-state index in [0.717, 1.165) is 18.7 Å². The summed E-state index contributed by atoms with van der Waals surface area (Å²) in [6.07, 6.45) is 4.12. The monoisotopic (exact) mass is 368 g/mol. The Morgan fingerprint density at radius 3 is 2.74 bits per heavy atom. The van der Waals surface area contributed by atoms with Gasteiger partial charge < -0.3 is 14.6 Å². The Bertz CT molecular complexity index is 882. The lowest BCUT2D eigenvalue weighted by Crippen LogP contribution is -2.18. The molecule has 0 saturated heterocycles. The Kier molecular flexibility index (Phi) is 5.97. The lowest BCUT2D eigenvalue weighted by molar-refractivity contribution is -0.116. The number of hydrogen-bond donors (Lipinski definition) is 1. The maximum Gasteiger partial charge on any atom is 0.247 e. The standard InChI is InChI=1S/C19H24N6O2/c1-14-4-6-15(7-5-14)19-23-22-18(27-19)9-8-17(26)21-16-12-20-25(13-16)11-10-24(2)3/h4-7,12-13H,8-11H2,1-3H3,(H,21,26). The van der Waals surface area contributed by atoms with Gasteiger partial charge in [0.1, 0.15) is 0 Å². The van der Waals surface area contributed by atoms with Gasteiger partial charge in [-0.05, 0) is 33.2 Å². The van der Waals surface area contributed by atoms with E-state index in [-0.39, 0.29) is 12.3 Å². The maximum absolute atomic E-state index is 12.1. The number of nitrogens with one attached hydrogen (secondary N) is 1. The van der Waals surface area contributed by atoms with Gasteiger partial charge in [-0.1, -0.05) is 17.7 Å². The summed E-state index contributed by atoms with van der Waals surface area (Å²) in [6.45, 7) is 3.68. The number of anilines is 1. The normalized spacial score (nSPS) is 11.1. The Morgan fingerprint density at radius 2 is 2.00 bits per heavy atom. The molecule has 8 heteroatoms.